The lowest BCUT2D eigenvalue weighted by Crippen LogP contribution is -2.01. The van der Waals surface area contributed by atoms with Crippen molar-refractivity contribution in [3.8, 4) is 11.4 Å². The fraction of sp³-hybridized carbons (Fsp3) is 0. The predicted octanol–water partition coefficient (Wildman–Crippen LogP) is 9.10. The molecule has 8 aromatic rings. The first kappa shape index (κ1) is 19.0. The van der Waals surface area contributed by atoms with E-state index in [9.17, 15) is 0 Å². The second kappa shape index (κ2) is 7.08. The van der Waals surface area contributed by atoms with E-state index in [4.69, 9.17) is 0 Å². The molecule has 0 amide bonds. The molecule has 0 aliphatic rings. The zero-order valence-corrected chi connectivity index (χ0v) is 19.7. The van der Waals surface area contributed by atoms with Crippen molar-refractivity contribution in [1.82, 2.24) is 9.13 Å². The summed E-state index contributed by atoms with van der Waals surface area (Å²) in [6, 6.07) is 43.9. The second-order valence-electron chi connectivity index (χ2n) is 9.02. The third kappa shape index (κ3) is 2.59. The molecule has 35 heavy (non-hydrogen) atoms. The summed E-state index contributed by atoms with van der Waals surface area (Å²) < 4.78 is 7.51. The number of hydrogen-bond acceptors (Lipinski definition) is 1. The lowest BCUT2D eigenvalue weighted by atomic mass is 10.1. The van der Waals surface area contributed by atoms with Crippen LogP contribution in [0.1, 0.15) is 0 Å². The Hall–Kier alpha value is -4.34. The van der Waals surface area contributed by atoms with E-state index in [1.54, 1.807) is 0 Å². The number of nitrogens with zero attached hydrogens (tertiary/aromatic N) is 2. The van der Waals surface area contributed by atoms with Gasteiger partial charge in [-0.3, -0.25) is 9.13 Å². The van der Waals surface area contributed by atoms with Gasteiger partial charge in [0, 0.05) is 47.7 Å². The molecule has 0 atom stereocenters. The van der Waals surface area contributed by atoms with Gasteiger partial charge in [-0.1, -0.05) is 78.9 Å². The minimum absolute atomic E-state index is 1.17. The molecule has 3 heterocycles. The van der Waals surface area contributed by atoms with Gasteiger partial charge in [0.25, 0.3) is 0 Å². The van der Waals surface area contributed by atoms with Crippen molar-refractivity contribution in [3.63, 3.8) is 0 Å². The van der Waals surface area contributed by atoms with Gasteiger partial charge in [-0.2, -0.15) is 0 Å². The summed E-state index contributed by atoms with van der Waals surface area (Å²) in [5.74, 6) is 0. The minimum atomic E-state index is 1.17. The van der Waals surface area contributed by atoms with Crippen molar-refractivity contribution in [2.75, 3.05) is 0 Å². The second-order valence-corrected chi connectivity index (χ2v) is 10.1. The van der Waals surface area contributed by atoms with Gasteiger partial charge in [-0.15, -0.1) is 11.3 Å². The molecule has 5 aromatic carbocycles. The fourth-order valence-electron chi connectivity index (χ4n) is 5.65. The fourth-order valence-corrected chi connectivity index (χ4v) is 6.79. The van der Waals surface area contributed by atoms with E-state index < -0.39 is 0 Å². The standard InChI is InChI=1S/C32H20N2S/c1-2-10-21(11-3-1)33-27-15-7-4-13-25(27)31-26-14-5-8-16-28(26)34(32(31)33)22-18-19-24-23-12-6-9-17-29(23)35-30(24)20-22/h1-20H. The number of para-hydroxylation sites is 3. The average molecular weight is 465 g/mol. The number of thiophene rings is 1. The van der Waals surface area contributed by atoms with Gasteiger partial charge >= 0.3 is 0 Å². The third-order valence-electron chi connectivity index (χ3n) is 7.11. The van der Waals surface area contributed by atoms with Crippen molar-refractivity contribution in [2.45, 2.75) is 0 Å². The first-order valence-electron chi connectivity index (χ1n) is 11.9. The molecule has 0 saturated heterocycles. The Kier molecular flexibility index (Phi) is 3.85. The average Bonchev–Trinajstić information content (AvgIpc) is 3.56. The Bertz CT molecular complexity index is 2050. The molecule has 3 heteroatoms. The molecule has 0 N–H and O–H groups in total. The molecule has 8 rings (SSSR count). The van der Waals surface area contributed by atoms with Crippen LogP contribution in [0.4, 0.5) is 0 Å². The normalized spacial score (nSPS) is 12.0. The van der Waals surface area contributed by atoms with Crippen molar-refractivity contribution < 1.29 is 0 Å². The highest BCUT2D eigenvalue weighted by atomic mass is 32.1. The highest BCUT2D eigenvalue weighted by molar-refractivity contribution is 7.25. The van der Waals surface area contributed by atoms with Gasteiger partial charge in [-0.25, -0.2) is 0 Å². The van der Waals surface area contributed by atoms with Crippen LogP contribution in [0.15, 0.2) is 121 Å². The molecule has 0 bridgehead atoms. The Morgan fingerprint density at radius 1 is 0.429 bits per heavy atom. The van der Waals surface area contributed by atoms with Gasteiger partial charge < -0.3 is 0 Å². The van der Waals surface area contributed by atoms with Gasteiger partial charge in [0.15, 0.2) is 0 Å². The largest absolute Gasteiger partial charge is 0.295 e. The maximum Gasteiger partial charge on any atom is 0.131 e. The van der Waals surface area contributed by atoms with Crippen LogP contribution < -0.4 is 0 Å². The van der Waals surface area contributed by atoms with E-state index in [2.05, 4.69) is 130 Å². The number of aromatic nitrogens is 2. The van der Waals surface area contributed by atoms with Crippen molar-refractivity contribution >= 4 is 64.3 Å². The first-order chi connectivity index (χ1) is 17.4. The Balaban J connectivity index is 1.57. The van der Waals surface area contributed by atoms with Crippen molar-refractivity contribution in [1.29, 1.82) is 0 Å². The predicted molar refractivity (Wildman–Crippen MR) is 151 cm³/mol. The van der Waals surface area contributed by atoms with Gasteiger partial charge in [-0.05, 0) is 42.5 Å². The maximum absolute atomic E-state index is 2.45. The number of fused-ring (bicyclic) bond motifs is 8. The van der Waals surface area contributed by atoms with Crippen LogP contribution in [0.5, 0.6) is 0 Å². The Labute approximate surface area is 205 Å². The van der Waals surface area contributed by atoms with Crippen LogP contribution in [0, 0.1) is 0 Å². The highest BCUT2D eigenvalue weighted by Crippen LogP contribution is 2.42. The SMILES string of the molecule is c1ccc(-n2c3ccccc3c3c4ccccc4n(-c4ccc5c(c4)sc4ccccc45)c32)cc1. The van der Waals surface area contributed by atoms with Crippen LogP contribution in [-0.4, -0.2) is 9.13 Å². The number of benzene rings is 5. The summed E-state index contributed by atoms with van der Waals surface area (Å²) in [6.07, 6.45) is 0. The van der Waals surface area contributed by atoms with Crippen LogP contribution >= 0.6 is 11.3 Å². The van der Waals surface area contributed by atoms with Gasteiger partial charge in [0.2, 0.25) is 0 Å². The summed E-state index contributed by atoms with van der Waals surface area (Å²) >= 11 is 1.87. The zero-order chi connectivity index (χ0) is 22.9. The van der Waals surface area contributed by atoms with Crippen molar-refractivity contribution in [3.05, 3.63) is 121 Å². The third-order valence-corrected chi connectivity index (χ3v) is 8.24. The first-order valence-corrected chi connectivity index (χ1v) is 12.7. The summed E-state index contributed by atoms with van der Waals surface area (Å²) in [5.41, 5.74) is 6.03. The van der Waals surface area contributed by atoms with E-state index in [0.29, 0.717) is 0 Å². The molecular formula is C32H20N2S. The Morgan fingerprint density at radius 2 is 1.00 bits per heavy atom. The maximum atomic E-state index is 2.45. The monoisotopic (exact) mass is 464 g/mol. The van der Waals surface area contributed by atoms with E-state index >= 15 is 0 Å². The van der Waals surface area contributed by atoms with E-state index in [-0.39, 0.29) is 0 Å². The summed E-state index contributed by atoms with van der Waals surface area (Å²) in [7, 11) is 0. The van der Waals surface area contributed by atoms with E-state index in [1.807, 2.05) is 11.3 Å². The van der Waals surface area contributed by atoms with Gasteiger partial charge in [0.05, 0.1) is 11.0 Å². The molecule has 3 aromatic heterocycles. The smallest absolute Gasteiger partial charge is 0.131 e. The summed E-state index contributed by atoms with van der Waals surface area (Å²) in [4.78, 5) is 0. The quantitative estimate of drug-likeness (QED) is 0.241. The van der Waals surface area contributed by atoms with Gasteiger partial charge in [0.1, 0.15) is 5.65 Å². The molecule has 0 radical (unpaired) electrons. The topological polar surface area (TPSA) is 9.86 Å². The lowest BCUT2D eigenvalue weighted by Gasteiger charge is -2.13. The molecule has 0 unspecified atom stereocenters. The summed E-state index contributed by atoms with van der Waals surface area (Å²) in [6.45, 7) is 0. The molecule has 0 saturated carbocycles. The highest BCUT2D eigenvalue weighted by Gasteiger charge is 2.21. The number of hydrogen-bond donors (Lipinski definition) is 0. The summed E-state index contributed by atoms with van der Waals surface area (Å²) in [5, 5.41) is 6.52. The van der Waals surface area contributed by atoms with Crippen LogP contribution in [0.2, 0.25) is 0 Å². The van der Waals surface area contributed by atoms with Crippen LogP contribution in [-0.2, 0) is 0 Å². The lowest BCUT2D eigenvalue weighted by molar-refractivity contribution is 1.07. The molecule has 0 aliphatic heterocycles. The molecule has 0 fully saturated rings. The molecule has 164 valence electrons. The zero-order valence-electron chi connectivity index (χ0n) is 18.8. The van der Waals surface area contributed by atoms with E-state index in [1.165, 1.54) is 64.4 Å². The van der Waals surface area contributed by atoms with Crippen LogP contribution in [0.25, 0.3) is 64.4 Å². The van der Waals surface area contributed by atoms with Crippen LogP contribution in [0.3, 0.4) is 0 Å². The molecule has 0 aliphatic carbocycles. The molecule has 2 nitrogen and oxygen atoms in total. The van der Waals surface area contributed by atoms with E-state index in [0.717, 1.165) is 0 Å². The van der Waals surface area contributed by atoms with Crippen molar-refractivity contribution in [2.24, 2.45) is 0 Å². The number of rotatable bonds is 2. The Morgan fingerprint density at radius 3 is 1.74 bits per heavy atom. The molecular weight excluding hydrogens is 444 g/mol. The minimum Gasteiger partial charge on any atom is -0.295 e. The molecule has 0 spiro atoms.